The maximum Gasteiger partial charge on any atom is 0.470 e. The van der Waals surface area contributed by atoms with Crippen LogP contribution < -0.4 is 4.74 Å². The minimum absolute atomic E-state index is 0.0344. The average Bonchev–Trinajstić information content (AvgIpc) is 3.37. The van der Waals surface area contributed by atoms with Gasteiger partial charge in [0.1, 0.15) is 22.9 Å². The van der Waals surface area contributed by atoms with Crippen LogP contribution in [0.1, 0.15) is 55.2 Å². The van der Waals surface area contributed by atoms with Crippen molar-refractivity contribution in [1.82, 2.24) is 19.5 Å². The second-order valence-electron chi connectivity index (χ2n) is 10.1. The largest absolute Gasteiger partial charge is 0.481 e. The van der Waals surface area contributed by atoms with Crippen LogP contribution in [0.5, 0.6) is 5.75 Å². The number of halogens is 3. The highest BCUT2D eigenvalue weighted by atomic mass is 31.2. The molecule has 0 aliphatic carbocycles. The van der Waals surface area contributed by atoms with Crippen molar-refractivity contribution in [3.05, 3.63) is 77.4 Å². The summed E-state index contributed by atoms with van der Waals surface area (Å²) in [6.07, 6.45) is 3.43. The third kappa shape index (κ3) is 4.80. The number of benzene rings is 2. The summed E-state index contributed by atoms with van der Waals surface area (Å²) >= 11 is 0. The third-order valence-electron chi connectivity index (χ3n) is 7.04. The molecule has 2 aliphatic heterocycles. The molecule has 0 unspecified atom stereocenters. The summed E-state index contributed by atoms with van der Waals surface area (Å²) in [5.41, 5.74) is 0.403. The van der Waals surface area contributed by atoms with Crippen LogP contribution in [-0.4, -0.2) is 35.9 Å². The molecule has 2 aliphatic rings. The highest BCUT2D eigenvalue weighted by Gasteiger charge is 2.43. The lowest BCUT2D eigenvalue weighted by atomic mass is 9.96. The van der Waals surface area contributed by atoms with Crippen molar-refractivity contribution >= 4 is 24.6 Å². The number of hydrogen-bond donors (Lipinski definition) is 2. The molecule has 2 N–H and O–H groups in total. The van der Waals surface area contributed by atoms with Gasteiger partial charge in [-0.3, -0.25) is 4.52 Å². The Morgan fingerprint density at radius 3 is 2.64 bits per heavy atom. The van der Waals surface area contributed by atoms with Crippen LogP contribution in [0.2, 0.25) is 0 Å². The quantitative estimate of drug-likeness (QED) is 0.214. The molecule has 2 bridgehead atoms. The number of aromatic nitrogens is 4. The molecule has 11 nitrogen and oxygen atoms in total. The van der Waals surface area contributed by atoms with Gasteiger partial charge in [-0.25, -0.2) is 23.9 Å². The van der Waals surface area contributed by atoms with E-state index in [0.29, 0.717) is 34.4 Å². The highest BCUT2D eigenvalue weighted by molar-refractivity contribution is 7.46. The summed E-state index contributed by atoms with van der Waals surface area (Å²) in [6.45, 7) is -0.332. The van der Waals surface area contributed by atoms with Crippen molar-refractivity contribution in [2.24, 2.45) is 0 Å². The van der Waals surface area contributed by atoms with Crippen LogP contribution in [0.3, 0.4) is 0 Å². The number of ether oxygens (including phenoxy) is 2. The van der Waals surface area contributed by atoms with Gasteiger partial charge in [0, 0.05) is 47.1 Å². The molecule has 4 heterocycles. The summed E-state index contributed by atoms with van der Waals surface area (Å²) in [4.78, 5) is 31.3. The van der Waals surface area contributed by atoms with Gasteiger partial charge in [-0.05, 0) is 26.0 Å². The van der Waals surface area contributed by atoms with Crippen molar-refractivity contribution in [2.45, 2.75) is 44.6 Å². The average molecular weight is 599 g/mol. The molecular weight excluding hydrogens is 578 g/mol. The third-order valence-corrected chi connectivity index (χ3v) is 7.73. The van der Waals surface area contributed by atoms with Crippen molar-refractivity contribution < 1.29 is 41.5 Å². The number of alkyl halides is 2. The first kappa shape index (κ1) is 27.9. The van der Waals surface area contributed by atoms with Crippen LogP contribution >= 0.6 is 7.82 Å². The second-order valence-corrected chi connectivity index (χ2v) is 11.3. The van der Waals surface area contributed by atoms with Crippen LogP contribution in [-0.2, 0) is 19.4 Å². The predicted molar refractivity (Wildman–Crippen MR) is 140 cm³/mol. The Kier molecular flexibility index (Phi) is 6.58. The van der Waals surface area contributed by atoms with Gasteiger partial charge < -0.3 is 23.8 Å². The zero-order chi connectivity index (χ0) is 30.0. The maximum atomic E-state index is 15.4. The molecule has 0 saturated carbocycles. The number of phosphoric acid groups is 1. The van der Waals surface area contributed by atoms with Gasteiger partial charge in [0.25, 0.3) is 0 Å². The van der Waals surface area contributed by atoms with Crippen molar-refractivity contribution in [2.75, 3.05) is 0 Å². The van der Waals surface area contributed by atoms with Gasteiger partial charge in [-0.15, -0.1) is 0 Å². The van der Waals surface area contributed by atoms with E-state index in [4.69, 9.17) is 14.0 Å². The minimum atomic E-state index is -4.84. The van der Waals surface area contributed by atoms with Crippen molar-refractivity contribution in [1.29, 1.82) is 5.26 Å². The number of imidazole rings is 1. The first-order valence-electron chi connectivity index (χ1n) is 12.5. The van der Waals surface area contributed by atoms with Gasteiger partial charge in [0.05, 0.1) is 29.2 Å². The number of nitriles is 1. The molecular formula is C27H21F3N5O6P. The second kappa shape index (κ2) is 9.92. The molecule has 15 heteroatoms. The minimum Gasteiger partial charge on any atom is -0.481 e. The lowest BCUT2D eigenvalue weighted by molar-refractivity contribution is -0.0507. The number of nitrogens with zero attached hydrogens (tertiary/aromatic N) is 5. The lowest BCUT2D eigenvalue weighted by Gasteiger charge is -2.23. The normalized spacial score (nSPS) is 18.9. The number of hydrogen-bond acceptors (Lipinski definition) is 8. The van der Waals surface area contributed by atoms with E-state index in [-0.39, 0.29) is 28.5 Å². The first-order chi connectivity index (χ1) is 19.9. The zero-order valence-corrected chi connectivity index (χ0v) is 22.8. The Hall–Kier alpha value is -4.28. The molecule has 0 saturated heterocycles. The van der Waals surface area contributed by atoms with Crippen LogP contribution in [0.25, 0.3) is 27.9 Å². The SMILES string of the molecule is CC(C)(OP(=O)(O)O)c1ncc(-c2cc3c(cc2F)nc2n3[C@@H]3C[C@H]2OC(=CC#N)c2cccc(OC(F)F)c23)cn1. The van der Waals surface area contributed by atoms with Crippen molar-refractivity contribution in [3.8, 4) is 22.9 Å². The maximum absolute atomic E-state index is 15.4. The monoisotopic (exact) mass is 599 g/mol. The number of allylic oxidation sites excluding steroid dienone is 1. The summed E-state index contributed by atoms with van der Waals surface area (Å²) in [5.74, 6) is -0.143. The summed E-state index contributed by atoms with van der Waals surface area (Å²) in [6, 6.07) is 8.69. The van der Waals surface area contributed by atoms with E-state index in [1.165, 1.54) is 56.6 Å². The van der Waals surface area contributed by atoms with Gasteiger partial charge in [0.15, 0.2) is 17.8 Å². The Morgan fingerprint density at radius 1 is 1.24 bits per heavy atom. The highest BCUT2D eigenvalue weighted by Crippen LogP contribution is 2.52. The number of rotatable bonds is 6. The Bertz CT molecular complexity index is 1850. The van der Waals surface area contributed by atoms with Gasteiger partial charge in [0.2, 0.25) is 0 Å². The Labute approximate surface area is 236 Å². The molecule has 4 aromatic rings. The van der Waals surface area contributed by atoms with E-state index < -0.39 is 38.0 Å². The van der Waals surface area contributed by atoms with Crippen LogP contribution in [0.15, 0.2) is 48.8 Å². The molecule has 216 valence electrons. The van der Waals surface area contributed by atoms with E-state index in [2.05, 4.69) is 15.0 Å². The molecule has 42 heavy (non-hydrogen) atoms. The van der Waals surface area contributed by atoms with E-state index >= 15 is 4.39 Å². The fraction of sp³-hybridized carbons (Fsp3) is 0.259. The number of fused-ring (bicyclic) bond motifs is 9. The molecule has 2 aromatic carbocycles. The molecule has 2 aromatic heterocycles. The zero-order valence-electron chi connectivity index (χ0n) is 21.9. The summed E-state index contributed by atoms with van der Waals surface area (Å²) < 4.78 is 71.1. The van der Waals surface area contributed by atoms with E-state index in [1.807, 2.05) is 6.07 Å². The molecule has 0 amide bonds. The number of phosphoric ester groups is 1. The molecule has 0 radical (unpaired) electrons. The van der Waals surface area contributed by atoms with E-state index in [1.54, 1.807) is 10.6 Å². The molecule has 0 spiro atoms. The standard InChI is InChI=1S/C27H21F3N5O6P/c1-27(2,41-42(36,37)38)25-32-11-13(12-33-25)15-8-18-17(9-16(15)28)34-24-22-10-19(35(18)24)23-14(20(39-22)6-7-31)4-3-5-21(23)40-26(29)30/h3-6,8-9,11-12,19,22,26H,10H2,1-2H3,(H2,36,37,38)/t19-,22-/m1/s1. The summed E-state index contributed by atoms with van der Waals surface area (Å²) in [7, 11) is -4.84. The van der Waals surface area contributed by atoms with Gasteiger partial charge in [-0.2, -0.15) is 14.0 Å². The molecule has 0 fully saturated rings. The first-order valence-corrected chi connectivity index (χ1v) is 14.0. The predicted octanol–water partition coefficient (Wildman–Crippen LogP) is 5.51. The Balaban J connectivity index is 1.48. The van der Waals surface area contributed by atoms with E-state index in [0.717, 1.165) is 0 Å². The molecule has 6 rings (SSSR count). The lowest BCUT2D eigenvalue weighted by Crippen LogP contribution is -2.23. The fourth-order valence-corrected chi connectivity index (χ4v) is 6.15. The van der Waals surface area contributed by atoms with Crippen LogP contribution in [0.4, 0.5) is 13.2 Å². The van der Waals surface area contributed by atoms with Crippen LogP contribution in [0, 0.1) is 17.1 Å². The summed E-state index contributed by atoms with van der Waals surface area (Å²) in [5, 5.41) is 9.34. The fourth-order valence-electron chi connectivity index (χ4n) is 5.48. The van der Waals surface area contributed by atoms with Gasteiger partial charge >= 0.3 is 14.4 Å². The Morgan fingerprint density at radius 2 is 1.98 bits per heavy atom. The van der Waals surface area contributed by atoms with Crippen molar-refractivity contribution in [3.63, 3.8) is 0 Å². The molecule has 2 atom stereocenters. The smallest absolute Gasteiger partial charge is 0.470 e. The van der Waals surface area contributed by atoms with Gasteiger partial charge in [-0.1, -0.05) is 12.1 Å². The topological polar surface area (TPSA) is 153 Å². The van der Waals surface area contributed by atoms with E-state index in [9.17, 15) is 28.4 Å².